The van der Waals surface area contributed by atoms with E-state index in [0.717, 1.165) is 0 Å². The molecule has 1 heterocycles. The Kier molecular flexibility index (Phi) is 3.62. The Hall–Kier alpha value is -3.03. The van der Waals surface area contributed by atoms with Crippen molar-refractivity contribution in [3.05, 3.63) is 42.1 Å². The highest BCUT2D eigenvalue weighted by atomic mass is 16.4. The molecule has 0 bridgehead atoms. The number of urea groups is 1. The number of benzene rings is 1. The summed E-state index contributed by atoms with van der Waals surface area (Å²) >= 11 is 0. The molecule has 98 valence electrons. The monoisotopic (exact) mass is 260 g/mol. The Bertz CT molecular complexity index is 592. The van der Waals surface area contributed by atoms with Gasteiger partial charge in [-0.1, -0.05) is 23.4 Å². The standard InChI is InChI=1S/C11H12N6O2/c12-9(17-19)8-6-13-16-10(8)15-11(18)14-7-4-2-1-3-5-7/h1-6,19H,(H2,12,17)(H3,13,14,15,16,18). The van der Waals surface area contributed by atoms with E-state index in [-0.39, 0.29) is 11.7 Å². The average molecular weight is 260 g/mol. The van der Waals surface area contributed by atoms with Crippen LogP contribution in [0.5, 0.6) is 0 Å². The van der Waals surface area contributed by atoms with Crippen molar-refractivity contribution in [3.8, 4) is 0 Å². The maximum atomic E-state index is 11.7. The maximum Gasteiger partial charge on any atom is 0.324 e. The van der Waals surface area contributed by atoms with E-state index in [2.05, 4.69) is 26.0 Å². The number of hydrogen-bond donors (Lipinski definition) is 5. The van der Waals surface area contributed by atoms with E-state index in [1.54, 1.807) is 24.3 Å². The van der Waals surface area contributed by atoms with Crippen molar-refractivity contribution in [1.29, 1.82) is 0 Å². The maximum absolute atomic E-state index is 11.7. The Morgan fingerprint density at radius 3 is 2.74 bits per heavy atom. The lowest BCUT2D eigenvalue weighted by Gasteiger charge is -2.07. The first-order valence-electron chi connectivity index (χ1n) is 5.35. The molecular formula is C11H12N6O2. The van der Waals surface area contributed by atoms with Crippen LogP contribution in [0.15, 0.2) is 41.7 Å². The third-order valence-corrected chi connectivity index (χ3v) is 2.29. The van der Waals surface area contributed by atoms with E-state index >= 15 is 0 Å². The molecule has 0 saturated heterocycles. The summed E-state index contributed by atoms with van der Waals surface area (Å²) in [6.45, 7) is 0. The molecule has 6 N–H and O–H groups in total. The van der Waals surface area contributed by atoms with Crippen LogP contribution in [0, 0.1) is 0 Å². The molecule has 1 aromatic carbocycles. The second-order valence-electron chi connectivity index (χ2n) is 3.59. The van der Waals surface area contributed by atoms with Crippen LogP contribution in [-0.4, -0.2) is 27.3 Å². The van der Waals surface area contributed by atoms with Gasteiger partial charge in [0.25, 0.3) is 0 Å². The number of aromatic amines is 1. The van der Waals surface area contributed by atoms with E-state index in [4.69, 9.17) is 10.9 Å². The summed E-state index contributed by atoms with van der Waals surface area (Å²) in [5, 5.41) is 22.8. The number of nitrogens with zero attached hydrogens (tertiary/aromatic N) is 2. The number of amides is 2. The Morgan fingerprint density at radius 1 is 1.32 bits per heavy atom. The zero-order valence-corrected chi connectivity index (χ0v) is 9.79. The largest absolute Gasteiger partial charge is 0.409 e. The fourth-order valence-electron chi connectivity index (χ4n) is 1.43. The highest BCUT2D eigenvalue weighted by Gasteiger charge is 2.12. The van der Waals surface area contributed by atoms with Gasteiger partial charge >= 0.3 is 6.03 Å². The molecular weight excluding hydrogens is 248 g/mol. The second kappa shape index (κ2) is 5.54. The minimum absolute atomic E-state index is 0.149. The summed E-state index contributed by atoms with van der Waals surface area (Å²) in [5.74, 6) is 0.0903. The lowest BCUT2D eigenvalue weighted by atomic mass is 10.3. The normalized spacial score (nSPS) is 11.1. The molecule has 0 spiro atoms. The van der Waals surface area contributed by atoms with Gasteiger partial charge in [-0.05, 0) is 12.1 Å². The second-order valence-corrected chi connectivity index (χ2v) is 3.59. The van der Waals surface area contributed by atoms with Gasteiger partial charge in [-0.15, -0.1) is 0 Å². The fourth-order valence-corrected chi connectivity index (χ4v) is 1.43. The zero-order chi connectivity index (χ0) is 13.7. The molecule has 0 fully saturated rings. The Labute approximate surface area is 108 Å². The Balaban J connectivity index is 2.06. The predicted octanol–water partition coefficient (Wildman–Crippen LogP) is 1.15. The van der Waals surface area contributed by atoms with Crippen molar-refractivity contribution in [2.75, 3.05) is 10.6 Å². The van der Waals surface area contributed by atoms with Crippen LogP contribution in [0.25, 0.3) is 0 Å². The number of rotatable bonds is 3. The Morgan fingerprint density at radius 2 is 2.05 bits per heavy atom. The van der Waals surface area contributed by atoms with Gasteiger partial charge < -0.3 is 16.3 Å². The van der Waals surface area contributed by atoms with Gasteiger partial charge in [0.1, 0.15) is 5.82 Å². The van der Waals surface area contributed by atoms with Gasteiger partial charge in [0.2, 0.25) is 0 Å². The van der Waals surface area contributed by atoms with Gasteiger partial charge in [0, 0.05) is 5.69 Å². The smallest absolute Gasteiger partial charge is 0.324 e. The lowest BCUT2D eigenvalue weighted by molar-refractivity contribution is 0.262. The van der Waals surface area contributed by atoms with Gasteiger partial charge in [0.05, 0.1) is 11.8 Å². The lowest BCUT2D eigenvalue weighted by Crippen LogP contribution is -2.22. The van der Waals surface area contributed by atoms with Crippen molar-refractivity contribution in [3.63, 3.8) is 0 Å². The molecule has 0 atom stereocenters. The molecule has 2 rings (SSSR count). The van der Waals surface area contributed by atoms with Crippen LogP contribution < -0.4 is 16.4 Å². The SMILES string of the molecule is NC(=NO)c1cn[nH]c1NC(=O)Nc1ccccc1. The highest BCUT2D eigenvalue weighted by Crippen LogP contribution is 2.11. The number of carbonyl (C=O) groups is 1. The van der Waals surface area contributed by atoms with Crippen LogP contribution in [-0.2, 0) is 0 Å². The fraction of sp³-hybridized carbons (Fsp3) is 0. The number of anilines is 2. The minimum Gasteiger partial charge on any atom is -0.409 e. The number of hydrogen-bond acceptors (Lipinski definition) is 4. The molecule has 8 heteroatoms. The molecule has 0 aliphatic heterocycles. The number of amidine groups is 1. The van der Waals surface area contributed by atoms with E-state index in [9.17, 15) is 4.79 Å². The predicted molar refractivity (Wildman–Crippen MR) is 70.2 cm³/mol. The number of nitrogens with one attached hydrogen (secondary N) is 3. The molecule has 2 aromatic rings. The zero-order valence-electron chi connectivity index (χ0n) is 9.79. The summed E-state index contributed by atoms with van der Waals surface area (Å²) in [6, 6.07) is 8.46. The van der Waals surface area contributed by atoms with E-state index < -0.39 is 6.03 Å². The number of aromatic nitrogens is 2. The molecule has 8 nitrogen and oxygen atoms in total. The van der Waals surface area contributed by atoms with Crippen LogP contribution in [0.4, 0.5) is 16.3 Å². The number of para-hydroxylation sites is 1. The van der Waals surface area contributed by atoms with Crippen LogP contribution in [0.3, 0.4) is 0 Å². The molecule has 0 saturated carbocycles. The molecule has 1 aromatic heterocycles. The average Bonchev–Trinajstić information content (AvgIpc) is 2.87. The quantitative estimate of drug-likeness (QED) is 0.245. The van der Waals surface area contributed by atoms with Gasteiger partial charge in [-0.3, -0.25) is 10.4 Å². The van der Waals surface area contributed by atoms with Crippen molar-refractivity contribution in [1.82, 2.24) is 10.2 Å². The van der Waals surface area contributed by atoms with Crippen molar-refractivity contribution in [2.24, 2.45) is 10.9 Å². The van der Waals surface area contributed by atoms with Crippen LogP contribution in [0.2, 0.25) is 0 Å². The molecule has 0 unspecified atom stereocenters. The summed E-state index contributed by atoms with van der Waals surface area (Å²) in [7, 11) is 0. The third-order valence-electron chi connectivity index (χ3n) is 2.29. The van der Waals surface area contributed by atoms with Crippen molar-refractivity contribution < 1.29 is 10.0 Å². The van der Waals surface area contributed by atoms with Crippen molar-refractivity contribution >= 4 is 23.4 Å². The van der Waals surface area contributed by atoms with Crippen LogP contribution >= 0.6 is 0 Å². The molecule has 0 aliphatic carbocycles. The van der Waals surface area contributed by atoms with E-state index in [1.165, 1.54) is 6.20 Å². The molecule has 2 amide bonds. The molecule has 19 heavy (non-hydrogen) atoms. The summed E-state index contributed by atoms with van der Waals surface area (Å²) in [5.41, 5.74) is 6.38. The van der Waals surface area contributed by atoms with Crippen LogP contribution in [0.1, 0.15) is 5.56 Å². The summed E-state index contributed by atoms with van der Waals surface area (Å²) in [6.07, 6.45) is 1.34. The first-order valence-corrected chi connectivity index (χ1v) is 5.35. The number of carbonyl (C=O) groups excluding carboxylic acids is 1. The summed E-state index contributed by atoms with van der Waals surface area (Å²) < 4.78 is 0. The highest BCUT2D eigenvalue weighted by molar-refractivity contribution is 6.06. The topological polar surface area (TPSA) is 128 Å². The summed E-state index contributed by atoms with van der Waals surface area (Å²) in [4.78, 5) is 11.7. The van der Waals surface area contributed by atoms with E-state index in [1.807, 2.05) is 6.07 Å². The first kappa shape index (κ1) is 12.4. The molecule has 0 radical (unpaired) electrons. The number of oxime groups is 1. The molecule has 0 aliphatic rings. The minimum atomic E-state index is -0.470. The number of nitrogens with two attached hydrogens (primary N) is 1. The van der Waals surface area contributed by atoms with Gasteiger partial charge in [-0.2, -0.15) is 5.10 Å². The third kappa shape index (κ3) is 3.00. The number of H-pyrrole nitrogens is 1. The van der Waals surface area contributed by atoms with E-state index in [0.29, 0.717) is 11.3 Å². The van der Waals surface area contributed by atoms with Crippen molar-refractivity contribution in [2.45, 2.75) is 0 Å². The first-order chi connectivity index (χ1) is 9.20. The van der Waals surface area contributed by atoms with Gasteiger partial charge in [-0.25, -0.2) is 4.79 Å². The van der Waals surface area contributed by atoms with Gasteiger partial charge in [0.15, 0.2) is 5.84 Å².